The van der Waals surface area contributed by atoms with E-state index in [1.807, 2.05) is 6.92 Å². The van der Waals surface area contributed by atoms with Crippen molar-refractivity contribution >= 4 is 31.5 Å². The fourth-order valence-corrected chi connectivity index (χ4v) is 4.97. The van der Waals surface area contributed by atoms with Crippen LogP contribution in [0.2, 0.25) is 0 Å². The van der Waals surface area contributed by atoms with Crippen LogP contribution in [0.15, 0.2) is 0 Å². The molecule has 1 saturated heterocycles. The van der Waals surface area contributed by atoms with E-state index in [0.717, 1.165) is 18.6 Å². The number of hydrogen-bond acceptors (Lipinski definition) is 3. The number of hydrogen-bond donors (Lipinski definition) is 0. The molecule has 11 heavy (non-hydrogen) atoms. The van der Waals surface area contributed by atoms with Crippen molar-refractivity contribution in [3.05, 3.63) is 0 Å². The van der Waals surface area contributed by atoms with Crippen molar-refractivity contribution in [3.63, 3.8) is 0 Å². The summed E-state index contributed by atoms with van der Waals surface area (Å²) in [5.74, 6) is 1.16. The number of rotatable bonds is 2. The maximum atomic E-state index is 10.7. The van der Waals surface area contributed by atoms with Gasteiger partial charge in [-0.05, 0) is 25.5 Å². The van der Waals surface area contributed by atoms with Gasteiger partial charge in [-0.25, -0.2) is 8.42 Å². The number of thioether (sulfide) groups is 1. The fraction of sp³-hybridized carbons (Fsp3) is 1.00. The Labute approximate surface area is 76.1 Å². The van der Waals surface area contributed by atoms with Crippen molar-refractivity contribution in [1.82, 2.24) is 0 Å². The molecule has 1 rings (SSSR count). The average Bonchev–Trinajstić information content (AvgIpc) is 2.09. The number of halogens is 1. The molecule has 5 heteroatoms. The lowest BCUT2D eigenvalue weighted by atomic mass is 10.1. The van der Waals surface area contributed by atoms with Crippen LogP contribution >= 0.6 is 22.4 Å². The highest BCUT2D eigenvalue weighted by Gasteiger charge is 2.33. The van der Waals surface area contributed by atoms with Crippen LogP contribution in [0.25, 0.3) is 0 Å². The molecule has 1 heterocycles. The Bertz CT molecular complexity index is 229. The van der Waals surface area contributed by atoms with Crippen LogP contribution in [0, 0.1) is 0 Å². The Morgan fingerprint density at radius 2 is 2.27 bits per heavy atom. The van der Waals surface area contributed by atoms with Gasteiger partial charge in [-0.1, -0.05) is 0 Å². The third kappa shape index (κ3) is 3.22. The van der Waals surface area contributed by atoms with E-state index in [2.05, 4.69) is 0 Å². The van der Waals surface area contributed by atoms with Gasteiger partial charge >= 0.3 is 0 Å². The zero-order valence-corrected chi connectivity index (χ0v) is 8.73. The molecule has 1 aliphatic rings. The third-order valence-corrected chi connectivity index (χ3v) is 4.81. The summed E-state index contributed by atoms with van der Waals surface area (Å²) < 4.78 is 21.4. The predicted octanol–water partition coefficient (Wildman–Crippen LogP) is 1.84. The molecule has 0 radical (unpaired) electrons. The maximum Gasteiger partial charge on any atom is 0.233 e. The van der Waals surface area contributed by atoms with Gasteiger partial charge in [0.1, 0.15) is 0 Å². The highest BCUT2D eigenvalue weighted by atomic mass is 35.7. The molecule has 0 N–H and O–H groups in total. The monoisotopic (exact) mass is 214 g/mol. The lowest BCUT2D eigenvalue weighted by Crippen LogP contribution is -2.25. The van der Waals surface area contributed by atoms with E-state index < -0.39 is 9.05 Å². The molecule has 2 nitrogen and oxygen atoms in total. The Morgan fingerprint density at radius 1 is 1.64 bits per heavy atom. The van der Waals surface area contributed by atoms with Crippen LogP contribution in [0.1, 0.15) is 19.8 Å². The molecule has 0 aromatic heterocycles. The first-order chi connectivity index (χ1) is 4.91. The molecular formula is C6H11ClO2S2. The second-order valence-electron chi connectivity index (χ2n) is 3.09. The summed E-state index contributed by atoms with van der Waals surface area (Å²) in [7, 11) is 1.85. The van der Waals surface area contributed by atoms with Crippen LogP contribution in [-0.4, -0.2) is 24.7 Å². The predicted molar refractivity (Wildman–Crippen MR) is 49.7 cm³/mol. The van der Waals surface area contributed by atoms with Gasteiger partial charge in [-0.3, -0.25) is 0 Å². The summed E-state index contributed by atoms with van der Waals surface area (Å²) in [6.07, 6.45) is 2.07. The van der Waals surface area contributed by atoms with E-state index in [0.29, 0.717) is 0 Å². The minimum atomic E-state index is -3.31. The van der Waals surface area contributed by atoms with Crippen molar-refractivity contribution in [2.75, 3.05) is 11.5 Å². The van der Waals surface area contributed by atoms with Gasteiger partial charge in [0, 0.05) is 15.4 Å². The summed E-state index contributed by atoms with van der Waals surface area (Å²) in [5.41, 5.74) is 0. The fourth-order valence-electron chi connectivity index (χ4n) is 1.32. The highest BCUT2D eigenvalue weighted by Crippen LogP contribution is 2.39. The quantitative estimate of drug-likeness (QED) is 0.658. The Morgan fingerprint density at radius 3 is 2.64 bits per heavy atom. The molecule has 1 unspecified atom stereocenters. The van der Waals surface area contributed by atoms with Gasteiger partial charge in [-0.2, -0.15) is 11.8 Å². The first-order valence-corrected chi connectivity index (χ1v) is 6.94. The molecule has 0 aliphatic carbocycles. The standard InChI is InChI=1S/C6H11ClO2S2/c1-6(3-2-4-10-6)5-11(7,8)9/h2-5H2,1H3. The molecule has 0 aromatic carbocycles. The Kier molecular flexibility index (Phi) is 2.77. The van der Waals surface area contributed by atoms with Gasteiger partial charge in [0.2, 0.25) is 9.05 Å². The average molecular weight is 215 g/mol. The Hall–Kier alpha value is 0.590. The molecule has 0 spiro atoms. The molecule has 0 aromatic rings. The normalized spacial score (nSPS) is 32.5. The zero-order chi connectivity index (χ0) is 8.54. The zero-order valence-electron chi connectivity index (χ0n) is 6.34. The summed E-state index contributed by atoms with van der Waals surface area (Å²) in [4.78, 5) is 0. The topological polar surface area (TPSA) is 34.1 Å². The van der Waals surface area contributed by atoms with Crippen molar-refractivity contribution in [2.24, 2.45) is 0 Å². The first kappa shape index (κ1) is 9.68. The van der Waals surface area contributed by atoms with E-state index in [9.17, 15) is 8.42 Å². The van der Waals surface area contributed by atoms with Crippen molar-refractivity contribution in [2.45, 2.75) is 24.5 Å². The maximum absolute atomic E-state index is 10.7. The van der Waals surface area contributed by atoms with Crippen LogP contribution in [0.5, 0.6) is 0 Å². The van der Waals surface area contributed by atoms with Crippen molar-refractivity contribution in [3.8, 4) is 0 Å². The SMILES string of the molecule is CC1(CS(=O)(=O)Cl)CCCS1. The van der Waals surface area contributed by atoms with Crippen molar-refractivity contribution in [1.29, 1.82) is 0 Å². The molecule has 1 atom stereocenters. The van der Waals surface area contributed by atoms with Gasteiger partial charge in [0.15, 0.2) is 0 Å². The van der Waals surface area contributed by atoms with Crippen molar-refractivity contribution < 1.29 is 8.42 Å². The van der Waals surface area contributed by atoms with E-state index in [1.165, 1.54) is 0 Å². The van der Waals surface area contributed by atoms with Crippen LogP contribution in [0.4, 0.5) is 0 Å². The van der Waals surface area contributed by atoms with Crippen LogP contribution < -0.4 is 0 Å². The molecule has 0 bridgehead atoms. The van der Waals surface area contributed by atoms with Crippen LogP contribution in [-0.2, 0) is 9.05 Å². The summed E-state index contributed by atoms with van der Waals surface area (Å²) in [6, 6.07) is 0. The van der Waals surface area contributed by atoms with E-state index in [4.69, 9.17) is 10.7 Å². The minimum absolute atomic E-state index is 0.103. The second-order valence-corrected chi connectivity index (χ2v) is 7.54. The largest absolute Gasteiger partial charge is 0.233 e. The van der Waals surface area contributed by atoms with Gasteiger partial charge in [0.25, 0.3) is 0 Å². The first-order valence-electron chi connectivity index (χ1n) is 3.48. The third-order valence-electron chi connectivity index (χ3n) is 1.78. The lowest BCUT2D eigenvalue weighted by Gasteiger charge is -2.19. The van der Waals surface area contributed by atoms with E-state index >= 15 is 0 Å². The molecule has 66 valence electrons. The highest BCUT2D eigenvalue weighted by molar-refractivity contribution is 8.14. The van der Waals surface area contributed by atoms with E-state index in [-0.39, 0.29) is 10.5 Å². The minimum Gasteiger partial charge on any atom is -0.212 e. The molecule has 0 saturated carbocycles. The Balaban J connectivity index is 2.60. The van der Waals surface area contributed by atoms with Gasteiger partial charge < -0.3 is 0 Å². The molecular weight excluding hydrogens is 204 g/mol. The summed E-state index contributed by atoms with van der Waals surface area (Å²) >= 11 is 1.71. The van der Waals surface area contributed by atoms with E-state index in [1.54, 1.807) is 11.8 Å². The molecule has 0 amide bonds. The smallest absolute Gasteiger partial charge is 0.212 e. The summed E-state index contributed by atoms with van der Waals surface area (Å²) in [5, 5.41) is 0. The van der Waals surface area contributed by atoms with Gasteiger partial charge in [-0.15, -0.1) is 0 Å². The molecule has 1 fully saturated rings. The molecule has 1 aliphatic heterocycles. The summed E-state index contributed by atoms with van der Waals surface area (Å²) in [6.45, 7) is 1.96. The lowest BCUT2D eigenvalue weighted by molar-refractivity contribution is 0.590. The van der Waals surface area contributed by atoms with Crippen LogP contribution in [0.3, 0.4) is 0 Å². The van der Waals surface area contributed by atoms with Gasteiger partial charge in [0.05, 0.1) is 5.75 Å². The second kappa shape index (κ2) is 3.15.